The molecule has 136 valence electrons. The van der Waals surface area contributed by atoms with Gasteiger partial charge >= 0.3 is 0 Å². The van der Waals surface area contributed by atoms with E-state index in [1.807, 2.05) is 13.0 Å². The average Bonchev–Trinajstić information content (AvgIpc) is 2.63. The molecule has 1 aliphatic rings. The number of rotatable bonds is 4. The van der Waals surface area contributed by atoms with Crippen LogP contribution in [0.25, 0.3) is 0 Å². The summed E-state index contributed by atoms with van der Waals surface area (Å²) in [5, 5.41) is 14.0. The molecule has 2 aromatic rings. The maximum atomic E-state index is 13.6. The fourth-order valence-corrected chi connectivity index (χ4v) is 3.08. The van der Waals surface area contributed by atoms with E-state index in [1.165, 1.54) is 0 Å². The number of benzene rings is 1. The van der Waals surface area contributed by atoms with Crippen LogP contribution >= 0.6 is 0 Å². The number of aromatic nitrogens is 1. The molecule has 0 radical (unpaired) electrons. The standard InChI is InChI=1S/C18H19FN4O3/c1-12-4-7-17(20-10-12)21-18(24)13-3-2-8-22(11-13)16-9-14(19)5-6-15(16)23(25)26/h4-7,9-10,13H,2-3,8,11H2,1H3,(H,20,21,24). The number of hydrogen-bond acceptors (Lipinski definition) is 5. The van der Waals surface area contributed by atoms with Crippen molar-refractivity contribution >= 4 is 23.1 Å². The normalized spacial score (nSPS) is 17.0. The number of pyridine rings is 1. The highest BCUT2D eigenvalue weighted by atomic mass is 19.1. The van der Waals surface area contributed by atoms with Crippen LogP contribution in [-0.4, -0.2) is 28.9 Å². The number of nitro groups is 1. The van der Waals surface area contributed by atoms with Crippen LogP contribution in [-0.2, 0) is 4.79 Å². The molecular formula is C18H19FN4O3. The van der Waals surface area contributed by atoms with Gasteiger partial charge < -0.3 is 10.2 Å². The van der Waals surface area contributed by atoms with Crippen LogP contribution in [0.15, 0.2) is 36.5 Å². The summed E-state index contributed by atoms with van der Waals surface area (Å²) in [5.41, 5.74) is 1.04. The predicted molar refractivity (Wildman–Crippen MR) is 95.6 cm³/mol. The lowest BCUT2D eigenvalue weighted by Crippen LogP contribution is -2.41. The molecule has 1 aromatic carbocycles. The van der Waals surface area contributed by atoms with Gasteiger partial charge in [-0.05, 0) is 37.5 Å². The van der Waals surface area contributed by atoms with E-state index in [9.17, 15) is 19.3 Å². The van der Waals surface area contributed by atoms with Crippen LogP contribution in [0, 0.1) is 28.8 Å². The first kappa shape index (κ1) is 17.8. The Morgan fingerprint density at radius 3 is 2.88 bits per heavy atom. The summed E-state index contributed by atoms with van der Waals surface area (Å²) in [6, 6.07) is 6.96. The second-order valence-corrected chi connectivity index (χ2v) is 6.39. The molecule has 1 aliphatic heterocycles. The monoisotopic (exact) mass is 358 g/mol. The Bertz CT molecular complexity index is 826. The van der Waals surface area contributed by atoms with Gasteiger partial charge in [0.1, 0.15) is 17.3 Å². The molecule has 1 unspecified atom stereocenters. The first-order valence-corrected chi connectivity index (χ1v) is 8.36. The second kappa shape index (κ2) is 7.47. The zero-order valence-electron chi connectivity index (χ0n) is 14.3. The van der Waals surface area contributed by atoms with Crippen molar-refractivity contribution in [1.82, 2.24) is 4.98 Å². The van der Waals surface area contributed by atoms with Crippen LogP contribution < -0.4 is 10.2 Å². The summed E-state index contributed by atoms with van der Waals surface area (Å²) >= 11 is 0. The molecule has 1 amide bonds. The van der Waals surface area contributed by atoms with Crippen LogP contribution in [0.2, 0.25) is 0 Å². The molecule has 0 spiro atoms. The van der Waals surface area contributed by atoms with Gasteiger partial charge in [0.05, 0.1) is 10.8 Å². The smallest absolute Gasteiger partial charge is 0.292 e. The van der Waals surface area contributed by atoms with Crippen LogP contribution in [0.5, 0.6) is 0 Å². The van der Waals surface area contributed by atoms with Crippen LogP contribution in [0.1, 0.15) is 18.4 Å². The van der Waals surface area contributed by atoms with Gasteiger partial charge in [0.15, 0.2) is 0 Å². The Morgan fingerprint density at radius 1 is 1.38 bits per heavy atom. The van der Waals surface area contributed by atoms with Gasteiger partial charge in [-0.25, -0.2) is 9.37 Å². The third kappa shape index (κ3) is 3.96. The number of amides is 1. The van der Waals surface area contributed by atoms with Gasteiger partial charge in [0.2, 0.25) is 5.91 Å². The number of anilines is 2. The molecule has 1 fully saturated rings. The van der Waals surface area contributed by atoms with Crippen LogP contribution in [0.4, 0.5) is 21.6 Å². The Hall–Kier alpha value is -3.03. The lowest BCUT2D eigenvalue weighted by Gasteiger charge is -2.33. The van der Waals surface area contributed by atoms with Crippen molar-refractivity contribution in [1.29, 1.82) is 0 Å². The third-order valence-corrected chi connectivity index (χ3v) is 4.43. The van der Waals surface area contributed by atoms with E-state index in [4.69, 9.17) is 0 Å². The molecule has 3 rings (SSSR count). The minimum absolute atomic E-state index is 0.160. The quantitative estimate of drug-likeness (QED) is 0.669. The van der Waals surface area contributed by atoms with Gasteiger partial charge in [-0.2, -0.15) is 0 Å². The molecule has 0 saturated carbocycles. The van der Waals surface area contributed by atoms with Crippen molar-refractivity contribution in [3.05, 3.63) is 58.0 Å². The molecule has 2 heterocycles. The molecule has 1 N–H and O–H groups in total. The topological polar surface area (TPSA) is 88.4 Å². The van der Waals surface area contributed by atoms with E-state index >= 15 is 0 Å². The number of halogens is 1. The number of carbonyl (C=O) groups excluding carboxylic acids is 1. The Morgan fingerprint density at radius 2 is 2.19 bits per heavy atom. The number of carbonyl (C=O) groups is 1. The molecular weight excluding hydrogens is 339 g/mol. The summed E-state index contributed by atoms with van der Waals surface area (Å²) in [6.45, 7) is 2.74. The van der Waals surface area contributed by atoms with Crippen molar-refractivity contribution in [2.75, 3.05) is 23.3 Å². The van der Waals surface area contributed by atoms with E-state index in [2.05, 4.69) is 10.3 Å². The number of aryl methyl sites for hydroxylation is 1. The molecule has 8 heteroatoms. The fourth-order valence-electron chi connectivity index (χ4n) is 3.08. The largest absolute Gasteiger partial charge is 0.365 e. The number of nitro benzene ring substituents is 1. The maximum Gasteiger partial charge on any atom is 0.292 e. The van der Waals surface area contributed by atoms with Gasteiger partial charge in [-0.1, -0.05) is 6.07 Å². The Labute approximate surface area is 150 Å². The Kier molecular flexibility index (Phi) is 5.11. The van der Waals surface area contributed by atoms with E-state index in [-0.39, 0.29) is 23.2 Å². The van der Waals surface area contributed by atoms with Crippen molar-refractivity contribution in [2.45, 2.75) is 19.8 Å². The van der Waals surface area contributed by atoms with Gasteiger partial charge in [-0.15, -0.1) is 0 Å². The highest BCUT2D eigenvalue weighted by molar-refractivity contribution is 5.92. The van der Waals surface area contributed by atoms with Crippen molar-refractivity contribution < 1.29 is 14.1 Å². The molecule has 0 aliphatic carbocycles. The number of nitrogens with zero attached hydrogens (tertiary/aromatic N) is 3. The number of piperidine rings is 1. The highest BCUT2D eigenvalue weighted by Gasteiger charge is 2.29. The highest BCUT2D eigenvalue weighted by Crippen LogP contribution is 2.32. The SMILES string of the molecule is Cc1ccc(NC(=O)C2CCCN(c3cc(F)ccc3[N+](=O)[O-])C2)nc1. The first-order chi connectivity index (χ1) is 12.4. The van der Waals surface area contributed by atoms with Crippen molar-refractivity contribution in [3.63, 3.8) is 0 Å². The fraction of sp³-hybridized carbons (Fsp3) is 0.333. The van der Waals surface area contributed by atoms with Gasteiger partial charge in [0, 0.05) is 31.4 Å². The zero-order chi connectivity index (χ0) is 18.7. The summed E-state index contributed by atoms with van der Waals surface area (Å²) < 4.78 is 13.6. The molecule has 0 bridgehead atoms. The average molecular weight is 358 g/mol. The summed E-state index contributed by atoms with van der Waals surface area (Å²) in [6.07, 6.45) is 3.02. The van der Waals surface area contributed by atoms with Crippen molar-refractivity contribution in [2.24, 2.45) is 5.92 Å². The molecule has 1 aromatic heterocycles. The van der Waals surface area contributed by atoms with E-state index in [0.29, 0.717) is 31.7 Å². The van der Waals surface area contributed by atoms with E-state index in [1.54, 1.807) is 17.2 Å². The molecule has 1 atom stereocenters. The molecule has 26 heavy (non-hydrogen) atoms. The summed E-state index contributed by atoms with van der Waals surface area (Å²) in [4.78, 5) is 29.1. The minimum atomic E-state index is -0.541. The lowest BCUT2D eigenvalue weighted by molar-refractivity contribution is -0.384. The molecule has 1 saturated heterocycles. The maximum absolute atomic E-state index is 13.6. The molecule has 7 nitrogen and oxygen atoms in total. The van der Waals surface area contributed by atoms with E-state index in [0.717, 1.165) is 23.8 Å². The first-order valence-electron chi connectivity index (χ1n) is 8.36. The number of hydrogen-bond donors (Lipinski definition) is 1. The van der Waals surface area contributed by atoms with Crippen molar-refractivity contribution in [3.8, 4) is 0 Å². The Balaban J connectivity index is 1.75. The predicted octanol–water partition coefficient (Wildman–Crippen LogP) is 3.29. The third-order valence-electron chi connectivity index (χ3n) is 4.43. The zero-order valence-corrected chi connectivity index (χ0v) is 14.3. The summed E-state index contributed by atoms with van der Waals surface area (Å²) in [7, 11) is 0. The van der Waals surface area contributed by atoms with Crippen LogP contribution in [0.3, 0.4) is 0 Å². The number of nitrogens with one attached hydrogen (secondary N) is 1. The van der Waals surface area contributed by atoms with E-state index < -0.39 is 10.7 Å². The second-order valence-electron chi connectivity index (χ2n) is 6.39. The van der Waals surface area contributed by atoms with Gasteiger partial charge in [0.25, 0.3) is 5.69 Å². The minimum Gasteiger partial charge on any atom is -0.365 e. The summed E-state index contributed by atoms with van der Waals surface area (Å²) in [5.74, 6) is -0.615. The van der Waals surface area contributed by atoms with Gasteiger partial charge in [-0.3, -0.25) is 14.9 Å². The lowest BCUT2D eigenvalue weighted by atomic mass is 9.96.